The highest BCUT2D eigenvalue weighted by Gasteiger charge is 2.32. The molecule has 0 N–H and O–H groups in total. The number of carbonyl (C=O) groups excluding carboxylic acids is 2. The number of carbonyl (C=O) groups is 2. The average Bonchev–Trinajstić information content (AvgIpc) is 3.14. The second-order valence-electron chi connectivity index (χ2n) is 6.97. The highest BCUT2D eigenvalue weighted by Crippen LogP contribution is 2.23. The average molecular weight is 396 g/mol. The van der Waals surface area contributed by atoms with Crippen LogP contribution in [0.4, 0.5) is 16.4 Å². The number of anilines is 2. The number of urea groups is 1. The first kappa shape index (κ1) is 19.0. The topological polar surface area (TPSA) is 82.1 Å². The Bertz CT molecular complexity index is 852. The summed E-state index contributed by atoms with van der Waals surface area (Å²) >= 11 is 0. The number of aromatic nitrogens is 2. The van der Waals surface area contributed by atoms with Crippen LogP contribution < -0.4 is 14.5 Å². The van der Waals surface area contributed by atoms with Crippen LogP contribution in [-0.4, -0.2) is 84.6 Å². The van der Waals surface area contributed by atoms with Crippen LogP contribution in [0.3, 0.4) is 0 Å². The number of methoxy groups -OCH3 is 1. The van der Waals surface area contributed by atoms with E-state index in [1.807, 2.05) is 29.2 Å². The fourth-order valence-corrected chi connectivity index (χ4v) is 3.60. The maximum absolute atomic E-state index is 12.7. The maximum atomic E-state index is 12.7. The maximum Gasteiger partial charge on any atom is 0.325 e. The molecule has 4 rings (SSSR count). The van der Waals surface area contributed by atoms with E-state index in [-0.39, 0.29) is 18.5 Å². The summed E-state index contributed by atoms with van der Waals surface area (Å²) < 4.78 is 5.16. The Morgan fingerprint density at radius 2 is 1.69 bits per heavy atom. The largest absolute Gasteiger partial charge is 0.497 e. The number of hydrogen-bond acceptors (Lipinski definition) is 6. The predicted octanol–water partition coefficient (Wildman–Crippen LogP) is 1.08. The van der Waals surface area contributed by atoms with Crippen molar-refractivity contribution in [2.45, 2.75) is 0 Å². The lowest BCUT2D eigenvalue weighted by atomic mass is 10.3. The first-order chi connectivity index (χ1) is 14.2. The Morgan fingerprint density at radius 3 is 2.34 bits per heavy atom. The van der Waals surface area contributed by atoms with Crippen LogP contribution in [0.5, 0.6) is 5.75 Å². The molecule has 9 nitrogen and oxygen atoms in total. The van der Waals surface area contributed by atoms with Gasteiger partial charge in [-0.2, -0.15) is 0 Å². The zero-order chi connectivity index (χ0) is 20.2. The van der Waals surface area contributed by atoms with Crippen molar-refractivity contribution in [1.29, 1.82) is 0 Å². The Balaban J connectivity index is 1.30. The van der Waals surface area contributed by atoms with Crippen LogP contribution in [0.1, 0.15) is 0 Å². The van der Waals surface area contributed by atoms with E-state index in [0.29, 0.717) is 45.2 Å². The monoisotopic (exact) mass is 396 g/mol. The number of amides is 3. The van der Waals surface area contributed by atoms with Gasteiger partial charge in [0.15, 0.2) is 0 Å². The minimum Gasteiger partial charge on any atom is -0.497 e. The summed E-state index contributed by atoms with van der Waals surface area (Å²) in [4.78, 5) is 41.2. The standard InChI is InChI=1S/C20H24N6O3/c1-29-17-5-3-16(4-6-17)26-14-13-25(20(26)28)15-18(27)23-9-11-24(12-10-23)19-21-7-2-8-22-19/h2-8H,9-15H2,1H3. The summed E-state index contributed by atoms with van der Waals surface area (Å²) in [6.07, 6.45) is 3.43. The second-order valence-corrected chi connectivity index (χ2v) is 6.97. The molecule has 0 bridgehead atoms. The van der Waals surface area contributed by atoms with Gasteiger partial charge in [0, 0.05) is 57.3 Å². The molecule has 2 saturated heterocycles. The first-order valence-corrected chi connectivity index (χ1v) is 9.66. The second kappa shape index (κ2) is 8.34. The quantitative estimate of drug-likeness (QED) is 0.752. The van der Waals surface area contributed by atoms with E-state index in [1.54, 1.807) is 35.4 Å². The molecule has 29 heavy (non-hydrogen) atoms. The molecule has 2 aromatic rings. The van der Waals surface area contributed by atoms with E-state index in [4.69, 9.17) is 4.74 Å². The number of nitrogens with zero attached hydrogens (tertiary/aromatic N) is 6. The first-order valence-electron chi connectivity index (χ1n) is 9.66. The molecular formula is C20H24N6O3. The van der Waals surface area contributed by atoms with Gasteiger partial charge in [0.2, 0.25) is 11.9 Å². The van der Waals surface area contributed by atoms with Gasteiger partial charge < -0.3 is 19.4 Å². The van der Waals surface area contributed by atoms with Gasteiger partial charge in [-0.15, -0.1) is 0 Å². The molecule has 0 spiro atoms. The molecule has 0 saturated carbocycles. The lowest BCUT2D eigenvalue weighted by Crippen LogP contribution is -2.52. The fourth-order valence-electron chi connectivity index (χ4n) is 3.60. The van der Waals surface area contributed by atoms with Crippen LogP contribution >= 0.6 is 0 Å². The van der Waals surface area contributed by atoms with E-state index in [1.165, 1.54) is 0 Å². The Labute approximate surface area is 169 Å². The predicted molar refractivity (Wildman–Crippen MR) is 108 cm³/mol. The Hall–Kier alpha value is -3.36. The molecule has 3 heterocycles. The molecule has 0 unspecified atom stereocenters. The highest BCUT2D eigenvalue weighted by molar-refractivity contribution is 5.96. The Morgan fingerprint density at radius 1 is 1.00 bits per heavy atom. The van der Waals surface area contributed by atoms with Crippen molar-refractivity contribution in [2.75, 3.05) is 62.7 Å². The number of piperazine rings is 1. The summed E-state index contributed by atoms with van der Waals surface area (Å²) in [6, 6.07) is 9.00. The van der Waals surface area contributed by atoms with Gasteiger partial charge in [0.1, 0.15) is 12.3 Å². The highest BCUT2D eigenvalue weighted by atomic mass is 16.5. The van der Waals surface area contributed by atoms with Crippen molar-refractivity contribution in [3.63, 3.8) is 0 Å². The molecule has 0 radical (unpaired) electrons. The van der Waals surface area contributed by atoms with E-state index in [0.717, 1.165) is 11.4 Å². The van der Waals surface area contributed by atoms with Crippen molar-refractivity contribution < 1.29 is 14.3 Å². The molecule has 1 aromatic carbocycles. The normalized spacial score (nSPS) is 17.1. The van der Waals surface area contributed by atoms with Gasteiger partial charge in [-0.3, -0.25) is 9.69 Å². The van der Waals surface area contributed by atoms with Crippen molar-refractivity contribution in [3.8, 4) is 5.75 Å². The number of rotatable bonds is 5. The molecule has 3 amide bonds. The third-order valence-corrected chi connectivity index (χ3v) is 5.27. The molecular weight excluding hydrogens is 372 g/mol. The van der Waals surface area contributed by atoms with Crippen LogP contribution in [0.15, 0.2) is 42.7 Å². The van der Waals surface area contributed by atoms with Crippen molar-refractivity contribution in [3.05, 3.63) is 42.7 Å². The van der Waals surface area contributed by atoms with E-state index in [9.17, 15) is 9.59 Å². The molecule has 0 atom stereocenters. The lowest BCUT2D eigenvalue weighted by molar-refractivity contribution is -0.131. The van der Waals surface area contributed by atoms with Gasteiger partial charge in [0.25, 0.3) is 0 Å². The number of hydrogen-bond donors (Lipinski definition) is 0. The van der Waals surface area contributed by atoms with Gasteiger partial charge in [-0.05, 0) is 30.3 Å². The molecule has 2 fully saturated rings. The van der Waals surface area contributed by atoms with Gasteiger partial charge >= 0.3 is 6.03 Å². The Kier molecular flexibility index (Phi) is 5.46. The van der Waals surface area contributed by atoms with Gasteiger partial charge in [-0.25, -0.2) is 14.8 Å². The smallest absolute Gasteiger partial charge is 0.325 e. The van der Waals surface area contributed by atoms with Crippen LogP contribution in [0.25, 0.3) is 0 Å². The minimum atomic E-state index is -0.139. The minimum absolute atomic E-state index is 0.0245. The van der Waals surface area contributed by atoms with Crippen molar-refractivity contribution >= 4 is 23.6 Å². The van der Waals surface area contributed by atoms with E-state index in [2.05, 4.69) is 14.9 Å². The summed E-state index contributed by atoms with van der Waals surface area (Å²) in [5, 5.41) is 0. The van der Waals surface area contributed by atoms with Crippen molar-refractivity contribution in [1.82, 2.24) is 19.8 Å². The SMILES string of the molecule is COc1ccc(N2CCN(CC(=O)N3CCN(c4ncccn4)CC3)C2=O)cc1. The molecule has 2 aliphatic heterocycles. The third-order valence-electron chi connectivity index (χ3n) is 5.27. The molecule has 1 aromatic heterocycles. The van der Waals surface area contributed by atoms with Crippen LogP contribution in [-0.2, 0) is 4.79 Å². The number of benzene rings is 1. The summed E-state index contributed by atoms with van der Waals surface area (Å²) in [7, 11) is 1.61. The molecule has 152 valence electrons. The summed E-state index contributed by atoms with van der Waals surface area (Å²) in [6.45, 7) is 3.77. The zero-order valence-electron chi connectivity index (χ0n) is 16.4. The third kappa shape index (κ3) is 4.08. The number of ether oxygens (including phenoxy) is 1. The summed E-state index contributed by atoms with van der Waals surface area (Å²) in [5.74, 6) is 1.40. The fraction of sp³-hybridized carbons (Fsp3) is 0.400. The van der Waals surface area contributed by atoms with Crippen LogP contribution in [0, 0.1) is 0 Å². The van der Waals surface area contributed by atoms with Crippen molar-refractivity contribution in [2.24, 2.45) is 0 Å². The van der Waals surface area contributed by atoms with E-state index < -0.39 is 0 Å². The summed E-state index contributed by atoms with van der Waals surface area (Å²) in [5.41, 5.74) is 0.808. The lowest BCUT2D eigenvalue weighted by Gasteiger charge is -2.35. The van der Waals surface area contributed by atoms with E-state index >= 15 is 0 Å². The molecule has 2 aliphatic rings. The van der Waals surface area contributed by atoms with Crippen LogP contribution in [0.2, 0.25) is 0 Å². The van der Waals surface area contributed by atoms with Gasteiger partial charge in [0.05, 0.1) is 7.11 Å². The molecule has 0 aliphatic carbocycles. The zero-order valence-corrected chi connectivity index (χ0v) is 16.4. The van der Waals surface area contributed by atoms with Gasteiger partial charge in [-0.1, -0.05) is 0 Å². The molecule has 9 heteroatoms.